The van der Waals surface area contributed by atoms with Crippen molar-refractivity contribution < 1.29 is 9.53 Å². The summed E-state index contributed by atoms with van der Waals surface area (Å²) in [4.78, 5) is 18.5. The fraction of sp³-hybridized carbons (Fsp3) is 0.647. The topological polar surface area (TPSA) is 54.5 Å². The number of fused-ring (bicyclic) bond motifs is 1. The van der Waals surface area contributed by atoms with Crippen LogP contribution in [-0.4, -0.2) is 54.2 Å². The van der Waals surface area contributed by atoms with Gasteiger partial charge in [-0.1, -0.05) is 11.6 Å². The van der Waals surface area contributed by atoms with Crippen molar-refractivity contribution >= 4 is 35.1 Å². The van der Waals surface area contributed by atoms with E-state index in [1.165, 1.54) is 0 Å². The summed E-state index contributed by atoms with van der Waals surface area (Å²) in [5.74, 6) is 2.30. The highest BCUT2D eigenvalue weighted by Gasteiger charge is 2.63. The molecule has 3 aliphatic heterocycles. The number of thioether (sulfide) groups is 1. The molecule has 4 atom stereocenters. The summed E-state index contributed by atoms with van der Waals surface area (Å²) in [5.41, 5.74) is -0.0829. The number of nitrogens with zero attached hydrogens (tertiary/aromatic N) is 2. The molecule has 1 amide bonds. The molecule has 7 heteroatoms. The van der Waals surface area contributed by atoms with Crippen LogP contribution < -0.4 is 10.2 Å². The number of hydrogen-bond donors (Lipinski definition) is 1. The van der Waals surface area contributed by atoms with Crippen molar-refractivity contribution in [2.75, 3.05) is 36.5 Å². The maximum absolute atomic E-state index is 11.8. The third kappa shape index (κ3) is 2.68. The van der Waals surface area contributed by atoms with Gasteiger partial charge in [0.1, 0.15) is 5.82 Å². The maximum atomic E-state index is 11.8. The first kappa shape index (κ1) is 16.5. The number of ether oxygens (including phenoxy) is 1. The Bertz CT molecular complexity index is 646. The zero-order valence-corrected chi connectivity index (χ0v) is 15.3. The number of pyridine rings is 1. The van der Waals surface area contributed by atoms with Gasteiger partial charge >= 0.3 is 0 Å². The minimum Gasteiger partial charge on any atom is -0.369 e. The first-order chi connectivity index (χ1) is 11.6. The van der Waals surface area contributed by atoms with Gasteiger partial charge in [0.2, 0.25) is 5.91 Å². The van der Waals surface area contributed by atoms with Crippen molar-refractivity contribution in [2.45, 2.75) is 24.5 Å². The summed E-state index contributed by atoms with van der Waals surface area (Å²) in [6, 6.07) is 3.74. The van der Waals surface area contributed by atoms with Crippen LogP contribution in [0.3, 0.4) is 0 Å². The Morgan fingerprint density at radius 3 is 3.29 bits per heavy atom. The van der Waals surface area contributed by atoms with Crippen LogP contribution in [0.2, 0.25) is 5.02 Å². The molecule has 0 radical (unpaired) electrons. The Kier molecular flexibility index (Phi) is 4.39. The maximum Gasteiger partial charge on any atom is 0.229 e. The molecule has 3 fully saturated rings. The zero-order chi connectivity index (χ0) is 16.7. The van der Waals surface area contributed by atoms with Crippen LogP contribution in [0.5, 0.6) is 0 Å². The first-order valence-electron chi connectivity index (χ1n) is 8.42. The van der Waals surface area contributed by atoms with E-state index in [9.17, 15) is 4.79 Å². The van der Waals surface area contributed by atoms with Crippen LogP contribution in [0.1, 0.15) is 12.8 Å². The number of amides is 1. The van der Waals surface area contributed by atoms with Gasteiger partial charge in [-0.3, -0.25) is 4.79 Å². The van der Waals surface area contributed by atoms with Crippen LogP contribution in [0.15, 0.2) is 18.3 Å². The molecule has 0 saturated carbocycles. The predicted molar refractivity (Wildman–Crippen MR) is 96.7 cm³/mol. The van der Waals surface area contributed by atoms with Crippen LogP contribution in [-0.2, 0) is 9.53 Å². The van der Waals surface area contributed by atoms with E-state index in [0.29, 0.717) is 29.2 Å². The lowest BCUT2D eigenvalue weighted by atomic mass is 9.73. The Balaban J connectivity index is 1.49. The zero-order valence-electron chi connectivity index (χ0n) is 13.7. The Hall–Kier alpha value is -0.980. The molecule has 2 bridgehead atoms. The molecule has 1 spiro atoms. The fourth-order valence-electron chi connectivity index (χ4n) is 4.65. The van der Waals surface area contributed by atoms with Gasteiger partial charge in [-0.25, -0.2) is 4.98 Å². The molecule has 3 aliphatic rings. The number of anilines is 1. The number of nitrogens with one attached hydrogen (secondary N) is 1. The summed E-state index contributed by atoms with van der Waals surface area (Å²) in [6.45, 7) is 2.46. The lowest BCUT2D eigenvalue weighted by Crippen LogP contribution is -2.42. The number of carbonyl (C=O) groups is 1. The number of rotatable bonds is 5. The smallest absolute Gasteiger partial charge is 0.229 e. The third-order valence-electron chi connectivity index (χ3n) is 5.63. The van der Waals surface area contributed by atoms with Crippen LogP contribution >= 0.6 is 23.4 Å². The molecule has 0 aliphatic carbocycles. The van der Waals surface area contributed by atoms with Gasteiger partial charge in [-0.2, -0.15) is 11.8 Å². The number of aromatic nitrogens is 1. The standard InChI is InChI=1S/C17H22ClN3O2S/c1-24-9-15(22)20-7-11-12-8-21(16-13(18)3-2-6-19-16)10-17(12)5-4-14(11)23-17/h2-3,6,11-12,14H,4-5,7-10H2,1H3,(H,20,22)/t11-,12+,14+,17+/m0/s1. The van der Waals surface area contributed by atoms with Gasteiger partial charge < -0.3 is 15.0 Å². The highest BCUT2D eigenvalue weighted by Crippen LogP contribution is 2.55. The van der Waals surface area contributed by atoms with E-state index in [4.69, 9.17) is 16.3 Å². The van der Waals surface area contributed by atoms with Gasteiger partial charge in [0.25, 0.3) is 0 Å². The van der Waals surface area contributed by atoms with Crippen molar-refractivity contribution in [1.29, 1.82) is 0 Å². The highest BCUT2D eigenvalue weighted by atomic mass is 35.5. The van der Waals surface area contributed by atoms with Gasteiger partial charge in [0, 0.05) is 37.7 Å². The van der Waals surface area contributed by atoms with Gasteiger partial charge in [-0.15, -0.1) is 0 Å². The molecule has 1 N–H and O–H groups in total. The molecule has 0 unspecified atom stereocenters. The molecular weight excluding hydrogens is 346 g/mol. The minimum absolute atomic E-state index is 0.0829. The van der Waals surface area contributed by atoms with Crippen molar-refractivity contribution in [3.63, 3.8) is 0 Å². The number of carbonyl (C=O) groups excluding carboxylic acids is 1. The second-order valence-corrected chi connectivity index (χ2v) is 8.23. The predicted octanol–water partition coefficient (Wildman–Crippen LogP) is 2.20. The molecule has 5 nitrogen and oxygen atoms in total. The van der Waals surface area contributed by atoms with E-state index >= 15 is 0 Å². The van der Waals surface area contributed by atoms with Gasteiger partial charge in [0.05, 0.1) is 22.5 Å². The molecule has 3 saturated heterocycles. The molecule has 24 heavy (non-hydrogen) atoms. The Morgan fingerprint density at radius 1 is 1.62 bits per heavy atom. The van der Waals surface area contributed by atoms with Gasteiger partial charge in [0.15, 0.2) is 0 Å². The van der Waals surface area contributed by atoms with Crippen molar-refractivity contribution in [1.82, 2.24) is 10.3 Å². The summed E-state index contributed by atoms with van der Waals surface area (Å²) in [7, 11) is 0. The molecular formula is C17H22ClN3O2S. The minimum atomic E-state index is -0.0829. The SMILES string of the molecule is CSCC(=O)NC[C@H]1[C@H]2CN(c3ncccc3Cl)C[C@]23CC[C@H]1O3. The van der Waals surface area contributed by atoms with Crippen molar-refractivity contribution in [3.8, 4) is 0 Å². The first-order valence-corrected chi connectivity index (χ1v) is 10.2. The van der Waals surface area contributed by atoms with Crippen molar-refractivity contribution in [2.24, 2.45) is 11.8 Å². The molecule has 130 valence electrons. The highest BCUT2D eigenvalue weighted by molar-refractivity contribution is 7.99. The van der Waals surface area contributed by atoms with E-state index in [0.717, 1.165) is 31.7 Å². The average Bonchev–Trinajstić information content (AvgIpc) is 3.21. The quantitative estimate of drug-likeness (QED) is 0.864. The second kappa shape index (κ2) is 6.39. The second-order valence-electron chi connectivity index (χ2n) is 6.96. The summed E-state index contributed by atoms with van der Waals surface area (Å²) < 4.78 is 6.41. The number of halogens is 1. The van der Waals surface area contributed by atoms with E-state index in [1.807, 2.05) is 18.4 Å². The molecule has 1 aromatic heterocycles. The van der Waals surface area contributed by atoms with Crippen LogP contribution in [0, 0.1) is 11.8 Å². The lowest BCUT2D eigenvalue weighted by Gasteiger charge is -2.29. The van der Waals surface area contributed by atoms with Crippen LogP contribution in [0.25, 0.3) is 0 Å². The van der Waals surface area contributed by atoms with Crippen molar-refractivity contribution in [3.05, 3.63) is 23.4 Å². The van der Waals surface area contributed by atoms with E-state index < -0.39 is 0 Å². The summed E-state index contributed by atoms with van der Waals surface area (Å²) in [5, 5.41) is 3.77. The number of hydrogen-bond acceptors (Lipinski definition) is 5. The summed E-state index contributed by atoms with van der Waals surface area (Å²) >= 11 is 7.88. The largest absolute Gasteiger partial charge is 0.369 e. The summed E-state index contributed by atoms with van der Waals surface area (Å²) in [6.07, 6.45) is 6.19. The average molecular weight is 368 g/mol. The van der Waals surface area contributed by atoms with E-state index in [-0.39, 0.29) is 17.6 Å². The van der Waals surface area contributed by atoms with E-state index in [2.05, 4.69) is 15.2 Å². The van der Waals surface area contributed by atoms with E-state index in [1.54, 1.807) is 18.0 Å². The molecule has 4 rings (SSSR count). The monoisotopic (exact) mass is 367 g/mol. The Morgan fingerprint density at radius 2 is 2.50 bits per heavy atom. The lowest BCUT2D eigenvalue weighted by molar-refractivity contribution is -0.118. The molecule has 0 aromatic carbocycles. The molecule has 4 heterocycles. The molecule has 1 aromatic rings. The van der Waals surface area contributed by atoms with Crippen LogP contribution in [0.4, 0.5) is 5.82 Å². The Labute approximate surface area is 151 Å². The van der Waals surface area contributed by atoms with Gasteiger partial charge in [-0.05, 0) is 31.2 Å². The fourth-order valence-corrected chi connectivity index (χ4v) is 5.25. The third-order valence-corrected chi connectivity index (χ3v) is 6.48. The normalized spacial score (nSPS) is 33.8.